The summed E-state index contributed by atoms with van der Waals surface area (Å²) in [7, 11) is -0.349. The van der Waals surface area contributed by atoms with Crippen LogP contribution in [0.25, 0.3) is 0 Å². The fraction of sp³-hybridized carbons (Fsp3) is 0.409. The normalized spacial score (nSPS) is 18.5. The number of carbonyl (C=O) groups is 1. The number of rotatable bonds is 9. The number of hydrazine groups is 1. The molecule has 2 aromatic rings. The van der Waals surface area contributed by atoms with Crippen molar-refractivity contribution < 1.29 is 22.7 Å². The molecule has 0 radical (unpaired) electrons. The Kier molecular flexibility index (Phi) is 7.73. The number of methoxy groups -OCH3 is 2. The Morgan fingerprint density at radius 1 is 1.06 bits per heavy atom. The largest absolute Gasteiger partial charge is 0.497 e. The van der Waals surface area contributed by atoms with Crippen molar-refractivity contribution in [1.82, 2.24) is 15.2 Å². The summed E-state index contributed by atoms with van der Waals surface area (Å²) in [5.41, 5.74) is 7.61. The number of hydrogen-bond acceptors (Lipinski definition) is 7. The van der Waals surface area contributed by atoms with E-state index in [1.807, 2.05) is 12.1 Å². The van der Waals surface area contributed by atoms with E-state index >= 15 is 0 Å². The minimum absolute atomic E-state index is 0.117. The maximum Gasteiger partial charge on any atom is 0.243 e. The lowest BCUT2D eigenvalue weighted by molar-refractivity contribution is -0.117. The van der Waals surface area contributed by atoms with Crippen molar-refractivity contribution in [2.24, 2.45) is 0 Å². The molecule has 1 aliphatic rings. The number of nitrogens with one attached hydrogen (secondary N) is 3. The fourth-order valence-electron chi connectivity index (χ4n) is 3.69. The van der Waals surface area contributed by atoms with Crippen LogP contribution in [0.1, 0.15) is 31.9 Å². The van der Waals surface area contributed by atoms with Crippen LogP contribution in [0.15, 0.2) is 47.4 Å². The molecule has 0 aromatic heterocycles. The van der Waals surface area contributed by atoms with E-state index in [2.05, 4.69) is 16.2 Å². The number of benzene rings is 2. The van der Waals surface area contributed by atoms with E-state index in [9.17, 15) is 13.2 Å². The first kappa shape index (κ1) is 24.0. The van der Waals surface area contributed by atoms with E-state index in [1.54, 1.807) is 46.3 Å². The number of sulfonamides is 1. The first-order chi connectivity index (χ1) is 15.3. The topological polar surface area (TPSA) is 109 Å². The van der Waals surface area contributed by atoms with Crippen LogP contribution in [0.3, 0.4) is 0 Å². The highest BCUT2D eigenvalue weighted by atomic mass is 32.2. The molecule has 2 unspecified atom stereocenters. The molecule has 1 saturated heterocycles. The Balaban J connectivity index is 1.65. The molecule has 1 amide bonds. The Bertz CT molecular complexity index is 1040. The summed E-state index contributed by atoms with van der Waals surface area (Å²) in [4.78, 5) is 12.9. The molecule has 2 aromatic carbocycles. The van der Waals surface area contributed by atoms with E-state index in [-0.39, 0.29) is 16.8 Å². The third-order valence-corrected chi connectivity index (χ3v) is 7.56. The number of hydrogen-bond donors (Lipinski definition) is 3. The molecule has 2 atom stereocenters. The van der Waals surface area contributed by atoms with Crippen LogP contribution >= 0.6 is 0 Å². The average molecular weight is 463 g/mol. The summed E-state index contributed by atoms with van der Waals surface area (Å²) in [5, 5.41) is 2.84. The number of ether oxygens (including phenoxy) is 2. The van der Waals surface area contributed by atoms with Gasteiger partial charge in [-0.1, -0.05) is 19.9 Å². The highest BCUT2D eigenvalue weighted by molar-refractivity contribution is 7.89. The summed E-state index contributed by atoms with van der Waals surface area (Å²) in [6.45, 7) is 4.40. The van der Waals surface area contributed by atoms with Crippen LogP contribution in [0.4, 0.5) is 5.69 Å². The number of amides is 1. The molecule has 1 heterocycles. The van der Waals surface area contributed by atoms with Crippen LogP contribution in [0.2, 0.25) is 0 Å². The zero-order valence-corrected chi connectivity index (χ0v) is 19.5. The molecule has 3 rings (SSSR count). The summed E-state index contributed by atoms with van der Waals surface area (Å²) >= 11 is 0. The van der Waals surface area contributed by atoms with Crippen molar-refractivity contribution in [2.75, 3.05) is 32.6 Å². The van der Waals surface area contributed by atoms with Gasteiger partial charge in [0.25, 0.3) is 0 Å². The predicted molar refractivity (Wildman–Crippen MR) is 122 cm³/mol. The van der Waals surface area contributed by atoms with E-state index in [1.165, 1.54) is 16.4 Å². The predicted octanol–water partition coefficient (Wildman–Crippen LogP) is 2.28. The van der Waals surface area contributed by atoms with Crippen molar-refractivity contribution in [1.29, 1.82) is 0 Å². The van der Waals surface area contributed by atoms with Crippen LogP contribution in [-0.2, 0) is 14.8 Å². The van der Waals surface area contributed by atoms with Crippen molar-refractivity contribution >= 4 is 21.6 Å². The molecule has 0 spiro atoms. The van der Waals surface area contributed by atoms with Gasteiger partial charge < -0.3 is 14.8 Å². The molecular formula is C22H30N4O5S. The molecule has 32 heavy (non-hydrogen) atoms. The van der Waals surface area contributed by atoms with Gasteiger partial charge in [-0.05, 0) is 36.8 Å². The van der Waals surface area contributed by atoms with Crippen molar-refractivity contribution in [3.8, 4) is 11.5 Å². The number of carbonyl (C=O) groups excluding carboxylic acids is 1. The van der Waals surface area contributed by atoms with Gasteiger partial charge in [-0.25, -0.2) is 19.3 Å². The molecule has 3 N–H and O–H groups in total. The molecule has 0 aliphatic carbocycles. The van der Waals surface area contributed by atoms with Crippen LogP contribution in [-0.4, -0.2) is 52.0 Å². The standard InChI is InChI=1S/C22H30N4O5S/c1-5-26(6-2)32(28,29)17-10-7-15(8-11-17)23-22(27)20-14-19(24-25-20)18-12-9-16(30-3)13-21(18)31-4/h7-13,19-20,24-25H,5-6,14H2,1-4H3,(H,23,27). The second kappa shape index (κ2) is 10.3. The number of anilines is 1. The van der Waals surface area contributed by atoms with Gasteiger partial charge in [0, 0.05) is 30.4 Å². The van der Waals surface area contributed by atoms with E-state index < -0.39 is 16.1 Å². The lowest BCUT2D eigenvalue weighted by Crippen LogP contribution is -2.39. The fourth-order valence-corrected chi connectivity index (χ4v) is 5.15. The molecule has 1 fully saturated rings. The van der Waals surface area contributed by atoms with Gasteiger partial charge in [-0.2, -0.15) is 4.31 Å². The summed E-state index contributed by atoms with van der Waals surface area (Å²) in [6, 6.07) is 11.2. The van der Waals surface area contributed by atoms with E-state index in [0.717, 1.165) is 5.56 Å². The van der Waals surface area contributed by atoms with Gasteiger partial charge in [-0.15, -0.1) is 0 Å². The van der Waals surface area contributed by atoms with E-state index in [0.29, 0.717) is 36.7 Å². The second-order valence-corrected chi connectivity index (χ2v) is 9.28. The van der Waals surface area contributed by atoms with Crippen molar-refractivity contribution in [3.63, 3.8) is 0 Å². The molecular weight excluding hydrogens is 432 g/mol. The highest BCUT2D eigenvalue weighted by Crippen LogP contribution is 2.33. The summed E-state index contributed by atoms with van der Waals surface area (Å²) in [5.74, 6) is 1.15. The smallest absolute Gasteiger partial charge is 0.243 e. The van der Waals surface area contributed by atoms with Crippen LogP contribution in [0, 0.1) is 0 Å². The molecule has 10 heteroatoms. The molecule has 1 aliphatic heterocycles. The van der Waals surface area contributed by atoms with Gasteiger partial charge >= 0.3 is 0 Å². The molecule has 9 nitrogen and oxygen atoms in total. The summed E-state index contributed by atoms with van der Waals surface area (Å²) in [6.07, 6.45) is 0.517. The van der Waals surface area contributed by atoms with Gasteiger partial charge in [0.1, 0.15) is 17.5 Å². The van der Waals surface area contributed by atoms with E-state index in [4.69, 9.17) is 9.47 Å². The maximum absolute atomic E-state index is 12.7. The maximum atomic E-state index is 12.7. The highest BCUT2D eigenvalue weighted by Gasteiger charge is 2.32. The Morgan fingerprint density at radius 3 is 2.34 bits per heavy atom. The van der Waals surface area contributed by atoms with Gasteiger partial charge in [0.2, 0.25) is 15.9 Å². The first-order valence-electron chi connectivity index (χ1n) is 10.5. The van der Waals surface area contributed by atoms with Gasteiger partial charge in [0.15, 0.2) is 0 Å². The monoisotopic (exact) mass is 462 g/mol. The third kappa shape index (κ3) is 5.04. The SMILES string of the molecule is CCN(CC)S(=O)(=O)c1ccc(NC(=O)C2CC(c3ccc(OC)cc3OC)NN2)cc1. The lowest BCUT2D eigenvalue weighted by atomic mass is 10.0. The van der Waals surface area contributed by atoms with Crippen molar-refractivity contribution in [3.05, 3.63) is 48.0 Å². The summed E-state index contributed by atoms with van der Waals surface area (Å²) < 4.78 is 37.3. The third-order valence-electron chi connectivity index (χ3n) is 5.50. The Hall–Kier alpha value is -2.66. The minimum Gasteiger partial charge on any atom is -0.497 e. The minimum atomic E-state index is -3.53. The quantitative estimate of drug-likeness (QED) is 0.525. The van der Waals surface area contributed by atoms with Crippen molar-refractivity contribution in [2.45, 2.75) is 37.2 Å². The van der Waals surface area contributed by atoms with Crippen LogP contribution < -0.4 is 25.6 Å². The first-order valence-corrected chi connectivity index (χ1v) is 11.9. The molecule has 0 saturated carbocycles. The zero-order chi connectivity index (χ0) is 23.3. The number of nitrogens with zero attached hydrogens (tertiary/aromatic N) is 1. The van der Waals surface area contributed by atoms with Crippen LogP contribution in [0.5, 0.6) is 11.5 Å². The van der Waals surface area contributed by atoms with Gasteiger partial charge in [-0.3, -0.25) is 4.79 Å². The molecule has 0 bridgehead atoms. The average Bonchev–Trinajstić information content (AvgIpc) is 3.30. The Labute approximate surface area is 189 Å². The second-order valence-electron chi connectivity index (χ2n) is 7.34. The Morgan fingerprint density at radius 2 is 1.75 bits per heavy atom. The lowest BCUT2D eigenvalue weighted by Gasteiger charge is -2.18. The van der Waals surface area contributed by atoms with Gasteiger partial charge in [0.05, 0.1) is 25.2 Å². The zero-order valence-electron chi connectivity index (χ0n) is 18.7. The molecule has 174 valence electrons.